The lowest BCUT2D eigenvalue weighted by atomic mass is 10.1. The predicted molar refractivity (Wildman–Crippen MR) is 117 cm³/mol. The number of carbonyl (C=O) groups is 1. The van der Waals surface area contributed by atoms with E-state index < -0.39 is 9.84 Å². The fourth-order valence-electron chi connectivity index (χ4n) is 3.57. The molecule has 0 radical (unpaired) electrons. The Bertz CT molecular complexity index is 1010. The normalized spacial score (nSPS) is 18.0. The van der Waals surface area contributed by atoms with Crippen LogP contribution in [0.3, 0.4) is 0 Å². The van der Waals surface area contributed by atoms with Crippen LogP contribution in [0.25, 0.3) is 0 Å². The molecular weight excluding hydrogens is 424 g/mol. The zero-order valence-electron chi connectivity index (χ0n) is 17.3. The third-order valence-corrected chi connectivity index (χ3v) is 7.76. The number of nitrogens with one attached hydrogen (secondary N) is 1. The highest BCUT2D eigenvalue weighted by Gasteiger charge is 2.34. The van der Waals surface area contributed by atoms with Gasteiger partial charge >= 0.3 is 5.69 Å². The molecule has 1 aromatic carbocycles. The number of H-pyrrole nitrogens is 1. The molecule has 0 spiro atoms. The number of sulfone groups is 1. The highest BCUT2D eigenvalue weighted by molar-refractivity contribution is 7.99. The van der Waals surface area contributed by atoms with Crippen LogP contribution in [0.5, 0.6) is 0 Å². The molecule has 1 aliphatic heterocycles. The minimum absolute atomic E-state index is 0.0281. The highest BCUT2D eigenvalue weighted by Crippen LogP contribution is 2.22. The van der Waals surface area contributed by atoms with Crippen LogP contribution in [0.1, 0.15) is 25.8 Å². The van der Waals surface area contributed by atoms with Gasteiger partial charge < -0.3 is 4.90 Å². The molecule has 164 valence electrons. The first-order valence-corrected chi connectivity index (χ1v) is 12.9. The Morgan fingerprint density at radius 3 is 2.70 bits per heavy atom. The van der Waals surface area contributed by atoms with Crippen molar-refractivity contribution in [2.24, 2.45) is 5.92 Å². The van der Waals surface area contributed by atoms with Crippen molar-refractivity contribution in [2.45, 2.75) is 44.4 Å². The third-order valence-electron chi connectivity index (χ3n) is 5.05. The SMILES string of the molecule is CC(C)CN(C(=O)CSc1n[nH]c(=O)n1CCc1ccccc1)[C@H]1CCS(=O)(=O)C1. The van der Waals surface area contributed by atoms with E-state index in [-0.39, 0.29) is 40.8 Å². The smallest absolute Gasteiger partial charge is 0.338 e. The summed E-state index contributed by atoms with van der Waals surface area (Å²) in [5.41, 5.74) is 0.810. The van der Waals surface area contributed by atoms with Gasteiger partial charge in [0.1, 0.15) is 0 Å². The number of aryl methyl sites for hydroxylation is 1. The Balaban J connectivity index is 1.64. The van der Waals surface area contributed by atoms with Crippen molar-refractivity contribution < 1.29 is 13.2 Å². The molecular formula is C20H28N4O4S2. The zero-order valence-corrected chi connectivity index (χ0v) is 18.9. The van der Waals surface area contributed by atoms with Crippen LogP contribution in [0.15, 0.2) is 40.3 Å². The van der Waals surface area contributed by atoms with Crippen molar-refractivity contribution in [1.82, 2.24) is 19.7 Å². The fourth-order valence-corrected chi connectivity index (χ4v) is 6.16. The largest absolute Gasteiger partial charge is 0.343 e. The molecule has 1 N–H and O–H groups in total. The van der Waals surface area contributed by atoms with Crippen LogP contribution in [0.2, 0.25) is 0 Å². The summed E-state index contributed by atoms with van der Waals surface area (Å²) in [4.78, 5) is 26.8. The number of nitrogens with zero attached hydrogens (tertiary/aromatic N) is 3. The molecule has 1 aromatic heterocycles. The van der Waals surface area contributed by atoms with Gasteiger partial charge in [0.25, 0.3) is 0 Å². The first kappa shape index (κ1) is 22.6. The van der Waals surface area contributed by atoms with E-state index in [1.54, 1.807) is 4.90 Å². The van der Waals surface area contributed by atoms with Crippen molar-refractivity contribution in [3.8, 4) is 0 Å². The number of hydrogen-bond acceptors (Lipinski definition) is 6. The van der Waals surface area contributed by atoms with Gasteiger partial charge in [-0.05, 0) is 24.3 Å². The van der Waals surface area contributed by atoms with Crippen molar-refractivity contribution in [3.05, 3.63) is 46.4 Å². The lowest BCUT2D eigenvalue weighted by Crippen LogP contribution is -2.44. The molecule has 1 amide bonds. The van der Waals surface area contributed by atoms with E-state index in [1.165, 1.54) is 16.3 Å². The van der Waals surface area contributed by atoms with Gasteiger partial charge in [-0.25, -0.2) is 18.3 Å². The molecule has 1 saturated heterocycles. The molecule has 0 saturated carbocycles. The Kier molecular flexibility index (Phi) is 7.41. The van der Waals surface area contributed by atoms with Crippen LogP contribution in [0.4, 0.5) is 0 Å². The molecule has 0 aliphatic carbocycles. The lowest BCUT2D eigenvalue weighted by Gasteiger charge is -2.29. The molecule has 10 heteroatoms. The zero-order chi connectivity index (χ0) is 21.7. The minimum Gasteiger partial charge on any atom is -0.338 e. The van der Waals surface area contributed by atoms with Crippen LogP contribution in [-0.2, 0) is 27.6 Å². The number of carbonyl (C=O) groups excluding carboxylic acids is 1. The van der Waals surface area contributed by atoms with E-state index in [2.05, 4.69) is 10.2 Å². The maximum atomic E-state index is 12.9. The number of hydrogen-bond donors (Lipinski definition) is 1. The molecule has 8 nitrogen and oxygen atoms in total. The minimum atomic E-state index is -3.08. The van der Waals surface area contributed by atoms with Gasteiger partial charge in [0.05, 0.1) is 17.3 Å². The molecule has 1 fully saturated rings. The maximum Gasteiger partial charge on any atom is 0.343 e. The maximum absolute atomic E-state index is 12.9. The van der Waals surface area contributed by atoms with Crippen molar-refractivity contribution in [1.29, 1.82) is 0 Å². The first-order chi connectivity index (χ1) is 14.2. The summed E-state index contributed by atoms with van der Waals surface area (Å²) in [6.45, 7) is 4.99. The van der Waals surface area contributed by atoms with E-state index in [9.17, 15) is 18.0 Å². The topological polar surface area (TPSA) is 105 Å². The second-order valence-electron chi connectivity index (χ2n) is 7.98. The molecule has 1 aliphatic rings. The Hall–Kier alpha value is -2.07. The second kappa shape index (κ2) is 9.82. The molecule has 2 aromatic rings. The van der Waals surface area contributed by atoms with Crippen molar-refractivity contribution in [2.75, 3.05) is 23.8 Å². The summed E-state index contributed by atoms with van der Waals surface area (Å²) in [5.74, 6) is 0.377. The van der Waals surface area contributed by atoms with Crippen LogP contribution < -0.4 is 5.69 Å². The number of aromatic nitrogens is 3. The first-order valence-electron chi connectivity index (χ1n) is 10.1. The highest BCUT2D eigenvalue weighted by atomic mass is 32.2. The van der Waals surface area contributed by atoms with Gasteiger partial charge in [0, 0.05) is 19.1 Å². The average Bonchev–Trinajstić information content (AvgIpc) is 3.24. The van der Waals surface area contributed by atoms with E-state index in [1.807, 2.05) is 44.2 Å². The number of benzene rings is 1. The number of rotatable bonds is 9. The van der Waals surface area contributed by atoms with Crippen LogP contribution >= 0.6 is 11.8 Å². The van der Waals surface area contributed by atoms with E-state index >= 15 is 0 Å². The number of amides is 1. The quantitative estimate of drug-likeness (QED) is 0.579. The second-order valence-corrected chi connectivity index (χ2v) is 11.2. The van der Waals surface area contributed by atoms with Crippen molar-refractivity contribution in [3.63, 3.8) is 0 Å². The summed E-state index contributed by atoms with van der Waals surface area (Å²) in [5, 5.41) is 6.99. The summed E-state index contributed by atoms with van der Waals surface area (Å²) in [6, 6.07) is 9.58. The summed E-state index contributed by atoms with van der Waals surface area (Å²) in [6.07, 6.45) is 1.16. The molecule has 30 heavy (non-hydrogen) atoms. The Labute approximate surface area is 181 Å². The van der Waals surface area contributed by atoms with Crippen LogP contribution in [-0.4, -0.2) is 63.8 Å². The fraction of sp³-hybridized carbons (Fsp3) is 0.550. The van der Waals surface area contributed by atoms with Gasteiger partial charge in [0.2, 0.25) is 5.91 Å². The molecule has 2 heterocycles. The summed E-state index contributed by atoms with van der Waals surface area (Å²) < 4.78 is 25.3. The number of thioether (sulfide) groups is 1. The van der Waals surface area contributed by atoms with Crippen LogP contribution in [0, 0.1) is 5.92 Å². The molecule has 1 atom stereocenters. The van der Waals surface area contributed by atoms with E-state index in [0.717, 1.165) is 5.56 Å². The summed E-state index contributed by atoms with van der Waals surface area (Å²) >= 11 is 1.21. The number of aromatic amines is 1. The van der Waals surface area contributed by atoms with Gasteiger partial charge in [-0.2, -0.15) is 0 Å². The van der Waals surface area contributed by atoms with Gasteiger partial charge in [0.15, 0.2) is 15.0 Å². The Morgan fingerprint density at radius 2 is 2.07 bits per heavy atom. The molecule has 0 unspecified atom stereocenters. The van der Waals surface area contributed by atoms with E-state index in [0.29, 0.717) is 31.1 Å². The predicted octanol–water partition coefficient (Wildman–Crippen LogP) is 1.58. The molecule has 3 rings (SSSR count). The van der Waals surface area contributed by atoms with Gasteiger partial charge in [-0.3, -0.25) is 9.36 Å². The third kappa shape index (κ3) is 5.98. The molecule has 0 bridgehead atoms. The average molecular weight is 453 g/mol. The standard InChI is InChI=1S/C20H28N4O4S2/c1-15(2)12-24(17-9-11-30(27,28)14-17)18(25)13-29-20-22-21-19(26)23(20)10-8-16-6-4-3-5-7-16/h3-7,15,17H,8-14H2,1-2H3,(H,21,26)/t17-/m0/s1. The summed E-state index contributed by atoms with van der Waals surface area (Å²) in [7, 11) is -3.08. The lowest BCUT2D eigenvalue weighted by molar-refractivity contribution is -0.130. The Morgan fingerprint density at radius 1 is 1.33 bits per heavy atom. The monoisotopic (exact) mass is 452 g/mol. The van der Waals surface area contributed by atoms with Gasteiger partial charge in [-0.15, -0.1) is 5.10 Å². The van der Waals surface area contributed by atoms with E-state index in [4.69, 9.17) is 0 Å². The van der Waals surface area contributed by atoms with Crippen molar-refractivity contribution >= 4 is 27.5 Å². The van der Waals surface area contributed by atoms with Gasteiger partial charge in [-0.1, -0.05) is 55.9 Å².